The SMILES string of the molecule is CCOC(=O)/C=C(/N)C[C@H](C)CC. The van der Waals surface area contributed by atoms with E-state index in [9.17, 15) is 4.79 Å². The van der Waals surface area contributed by atoms with E-state index < -0.39 is 0 Å². The van der Waals surface area contributed by atoms with Gasteiger partial charge in [0.05, 0.1) is 6.61 Å². The Hall–Kier alpha value is -0.990. The molecule has 76 valence electrons. The summed E-state index contributed by atoms with van der Waals surface area (Å²) in [5.41, 5.74) is 6.25. The first-order valence-electron chi connectivity index (χ1n) is 4.72. The topological polar surface area (TPSA) is 52.3 Å². The molecule has 0 radical (unpaired) electrons. The van der Waals surface area contributed by atoms with E-state index in [1.54, 1.807) is 6.92 Å². The van der Waals surface area contributed by atoms with Crippen molar-refractivity contribution in [1.82, 2.24) is 0 Å². The van der Waals surface area contributed by atoms with Gasteiger partial charge in [-0.1, -0.05) is 20.3 Å². The van der Waals surface area contributed by atoms with Crippen LogP contribution in [0.25, 0.3) is 0 Å². The Balaban J connectivity index is 3.93. The molecular formula is C10H19NO2. The van der Waals surface area contributed by atoms with Crippen LogP contribution in [0.3, 0.4) is 0 Å². The summed E-state index contributed by atoms with van der Waals surface area (Å²) in [6.45, 7) is 6.37. The molecule has 0 saturated carbocycles. The Kier molecular flexibility index (Phi) is 6.02. The third-order valence-electron chi connectivity index (χ3n) is 1.87. The van der Waals surface area contributed by atoms with Crippen LogP contribution in [-0.4, -0.2) is 12.6 Å². The lowest BCUT2D eigenvalue weighted by molar-refractivity contribution is -0.137. The molecule has 0 aromatic heterocycles. The Morgan fingerprint density at radius 2 is 2.15 bits per heavy atom. The van der Waals surface area contributed by atoms with Crippen LogP contribution in [0.5, 0.6) is 0 Å². The average molecular weight is 185 g/mol. The molecule has 13 heavy (non-hydrogen) atoms. The summed E-state index contributed by atoms with van der Waals surface area (Å²) in [7, 11) is 0. The average Bonchev–Trinajstić information content (AvgIpc) is 2.04. The molecule has 0 unspecified atom stereocenters. The molecule has 0 spiro atoms. The maximum absolute atomic E-state index is 10.9. The van der Waals surface area contributed by atoms with Gasteiger partial charge in [-0.2, -0.15) is 0 Å². The first kappa shape index (κ1) is 12.0. The highest BCUT2D eigenvalue weighted by molar-refractivity contribution is 5.82. The Morgan fingerprint density at radius 1 is 1.54 bits per heavy atom. The van der Waals surface area contributed by atoms with Gasteiger partial charge in [-0.25, -0.2) is 4.79 Å². The van der Waals surface area contributed by atoms with Crippen molar-refractivity contribution in [2.24, 2.45) is 11.7 Å². The van der Waals surface area contributed by atoms with Crippen molar-refractivity contribution in [3.8, 4) is 0 Å². The van der Waals surface area contributed by atoms with Gasteiger partial charge < -0.3 is 10.5 Å². The third kappa shape index (κ3) is 6.20. The van der Waals surface area contributed by atoms with Crippen LogP contribution in [0.15, 0.2) is 11.8 Å². The Labute approximate surface area is 79.9 Å². The van der Waals surface area contributed by atoms with E-state index in [4.69, 9.17) is 10.5 Å². The third-order valence-corrected chi connectivity index (χ3v) is 1.87. The van der Waals surface area contributed by atoms with Crippen molar-refractivity contribution in [3.05, 3.63) is 11.8 Å². The number of esters is 1. The quantitative estimate of drug-likeness (QED) is 0.525. The van der Waals surface area contributed by atoms with Crippen molar-refractivity contribution in [3.63, 3.8) is 0 Å². The largest absolute Gasteiger partial charge is 0.463 e. The minimum atomic E-state index is -0.344. The number of carbonyl (C=O) groups is 1. The second-order valence-corrected chi connectivity index (χ2v) is 3.19. The zero-order valence-electron chi connectivity index (χ0n) is 8.67. The zero-order chi connectivity index (χ0) is 10.3. The molecule has 0 aliphatic rings. The molecule has 0 aromatic rings. The first-order chi connectivity index (χ1) is 6.10. The fraction of sp³-hybridized carbons (Fsp3) is 0.700. The Bertz CT molecular complexity index is 187. The lowest BCUT2D eigenvalue weighted by Crippen LogP contribution is -2.08. The lowest BCUT2D eigenvalue weighted by atomic mass is 10.0. The Morgan fingerprint density at radius 3 is 2.62 bits per heavy atom. The van der Waals surface area contributed by atoms with Crippen LogP contribution in [0.2, 0.25) is 0 Å². The zero-order valence-corrected chi connectivity index (χ0v) is 8.67. The van der Waals surface area contributed by atoms with E-state index in [1.165, 1.54) is 6.08 Å². The van der Waals surface area contributed by atoms with Crippen LogP contribution < -0.4 is 5.73 Å². The fourth-order valence-electron chi connectivity index (χ4n) is 0.941. The van der Waals surface area contributed by atoms with E-state index in [2.05, 4.69) is 13.8 Å². The van der Waals surface area contributed by atoms with Crippen molar-refractivity contribution < 1.29 is 9.53 Å². The molecule has 0 fully saturated rings. The molecule has 0 saturated heterocycles. The summed E-state index contributed by atoms with van der Waals surface area (Å²) >= 11 is 0. The summed E-state index contributed by atoms with van der Waals surface area (Å²) < 4.78 is 4.73. The number of rotatable bonds is 5. The van der Waals surface area contributed by atoms with Gasteiger partial charge in [-0.05, 0) is 19.3 Å². The van der Waals surface area contributed by atoms with E-state index in [0.29, 0.717) is 18.2 Å². The standard InChI is InChI=1S/C10H19NO2/c1-4-8(3)6-9(11)7-10(12)13-5-2/h7-8H,4-6,11H2,1-3H3/b9-7+/t8-/m1/s1. The summed E-state index contributed by atoms with van der Waals surface area (Å²) in [6.07, 6.45) is 3.20. The first-order valence-corrected chi connectivity index (χ1v) is 4.72. The fourth-order valence-corrected chi connectivity index (χ4v) is 0.941. The van der Waals surface area contributed by atoms with Gasteiger partial charge in [0.15, 0.2) is 0 Å². The van der Waals surface area contributed by atoms with Crippen LogP contribution in [0, 0.1) is 5.92 Å². The minimum Gasteiger partial charge on any atom is -0.463 e. The number of carbonyl (C=O) groups excluding carboxylic acids is 1. The number of hydrogen-bond donors (Lipinski definition) is 1. The highest BCUT2D eigenvalue weighted by Crippen LogP contribution is 2.10. The summed E-state index contributed by atoms with van der Waals surface area (Å²) in [6, 6.07) is 0. The predicted molar refractivity (Wildman–Crippen MR) is 53.0 cm³/mol. The molecule has 3 heteroatoms. The molecule has 3 nitrogen and oxygen atoms in total. The summed E-state index contributed by atoms with van der Waals surface area (Å²) in [4.78, 5) is 10.9. The van der Waals surface area contributed by atoms with Crippen LogP contribution in [0.4, 0.5) is 0 Å². The van der Waals surface area contributed by atoms with Gasteiger partial charge >= 0.3 is 5.97 Å². The molecule has 1 atom stereocenters. The number of allylic oxidation sites excluding steroid dienone is 1. The van der Waals surface area contributed by atoms with E-state index in [-0.39, 0.29) is 5.97 Å². The van der Waals surface area contributed by atoms with Gasteiger partial charge in [0.1, 0.15) is 0 Å². The van der Waals surface area contributed by atoms with Crippen molar-refractivity contribution in [2.75, 3.05) is 6.61 Å². The maximum atomic E-state index is 10.9. The number of hydrogen-bond acceptors (Lipinski definition) is 3. The lowest BCUT2D eigenvalue weighted by Gasteiger charge is -2.07. The van der Waals surface area contributed by atoms with Crippen molar-refractivity contribution >= 4 is 5.97 Å². The molecule has 0 aromatic carbocycles. The molecule has 2 N–H and O–H groups in total. The minimum absolute atomic E-state index is 0.344. The van der Waals surface area contributed by atoms with Crippen LogP contribution in [-0.2, 0) is 9.53 Å². The predicted octanol–water partition coefficient (Wildman–Crippen LogP) is 1.83. The van der Waals surface area contributed by atoms with Gasteiger partial charge in [0.25, 0.3) is 0 Å². The van der Waals surface area contributed by atoms with Gasteiger partial charge in [-0.15, -0.1) is 0 Å². The van der Waals surface area contributed by atoms with E-state index in [1.807, 2.05) is 0 Å². The van der Waals surface area contributed by atoms with Crippen molar-refractivity contribution in [1.29, 1.82) is 0 Å². The maximum Gasteiger partial charge on any atom is 0.332 e. The van der Waals surface area contributed by atoms with Crippen LogP contribution >= 0.6 is 0 Å². The summed E-state index contributed by atoms with van der Waals surface area (Å²) in [5, 5.41) is 0. The molecule has 0 aliphatic heterocycles. The van der Waals surface area contributed by atoms with Gasteiger partial charge in [0.2, 0.25) is 0 Å². The molecule has 0 aliphatic carbocycles. The second-order valence-electron chi connectivity index (χ2n) is 3.19. The van der Waals surface area contributed by atoms with Gasteiger partial charge in [0, 0.05) is 11.8 Å². The normalized spacial score (nSPS) is 13.9. The van der Waals surface area contributed by atoms with E-state index >= 15 is 0 Å². The van der Waals surface area contributed by atoms with E-state index in [0.717, 1.165) is 12.8 Å². The highest BCUT2D eigenvalue weighted by atomic mass is 16.5. The highest BCUT2D eigenvalue weighted by Gasteiger charge is 2.03. The summed E-state index contributed by atoms with van der Waals surface area (Å²) in [5.74, 6) is 0.175. The van der Waals surface area contributed by atoms with Crippen LogP contribution in [0.1, 0.15) is 33.6 Å². The number of nitrogens with two attached hydrogens (primary N) is 1. The molecular weight excluding hydrogens is 166 g/mol. The van der Waals surface area contributed by atoms with Gasteiger partial charge in [-0.3, -0.25) is 0 Å². The molecule has 0 rings (SSSR count). The number of ether oxygens (including phenoxy) is 1. The second kappa shape index (κ2) is 6.52. The molecule has 0 heterocycles. The monoisotopic (exact) mass is 185 g/mol. The molecule has 0 amide bonds. The smallest absolute Gasteiger partial charge is 0.332 e. The molecule has 0 bridgehead atoms. The van der Waals surface area contributed by atoms with Crippen molar-refractivity contribution in [2.45, 2.75) is 33.6 Å².